The van der Waals surface area contributed by atoms with Crippen LogP contribution in [0.4, 0.5) is 5.69 Å². The standard InChI is InChI=1S/C16H21NO3/c1-16(2)11-12(8-9-20-16)14(18)10-15(19)17-13-6-4-3-5-7-13/h3-7,12H,8-11H2,1-2H3,(H,17,19). The number of Topliss-reactive ketones (excluding diaryl/α,β-unsaturated/α-hetero) is 1. The van der Waals surface area contributed by atoms with Crippen molar-refractivity contribution in [2.45, 2.75) is 38.7 Å². The molecule has 1 aromatic carbocycles. The predicted molar refractivity (Wildman–Crippen MR) is 77.5 cm³/mol. The van der Waals surface area contributed by atoms with E-state index in [0.29, 0.717) is 19.4 Å². The second-order valence-electron chi connectivity index (χ2n) is 5.86. The van der Waals surface area contributed by atoms with Crippen molar-refractivity contribution in [1.29, 1.82) is 0 Å². The van der Waals surface area contributed by atoms with Crippen LogP contribution in [-0.4, -0.2) is 23.9 Å². The number of nitrogens with one attached hydrogen (secondary N) is 1. The molecular weight excluding hydrogens is 254 g/mol. The second-order valence-corrected chi connectivity index (χ2v) is 5.86. The summed E-state index contributed by atoms with van der Waals surface area (Å²) < 4.78 is 5.59. The molecule has 1 atom stereocenters. The number of rotatable bonds is 4. The van der Waals surface area contributed by atoms with Gasteiger partial charge in [0, 0.05) is 18.2 Å². The average molecular weight is 275 g/mol. The number of ether oxygens (including phenoxy) is 1. The molecule has 1 aliphatic heterocycles. The van der Waals surface area contributed by atoms with Crippen molar-refractivity contribution in [2.24, 2.45) is 5.92 Å². The van der Waals surface area contributed by atoms with E-state index >= 15 is 0 Å². The predicted octanol–water partition coefficient (Wildman–Crippen LogP) is 2.79. The quantitative estimate of drug-likeness (QED) is 0.860. The molecule has 1 aliphatic rings. The Morgan fingerprint density at radius 3 is 2.65 bits per heavy atom. The highest BCUT2D eigenvalue weighted by molar-refractivity contribution is 6.05. The molecule has 1 amide bonds. The van der Waals surface area contributed by atoms with Crippen LogP contribution in [0.25, 0.3) is 0 Å². The molecule has 108 valence electrons. The minimum atomic E-state index is -0.269. The molecule has 1 heterocycles. The van der Waals surface area contributed by atoms with Crippen LogP contribution in [0.2, 0.25) is 0 Å². The second kappa shape index (κ2) is 6.18. The van der Waals surface area contributed by atoms with Crippen molar-refractivity contribution >= 4 is 17.4 Å². The van der Waals surface area contributed by atoms with Gasteiger partial charge in [0.1, 0.15) is 5.78 Å². The van der Waals surface area contributed by atoms with Gasteiger partial charge < -0.3 is 10.1 Å². The molecule has 20 heavy (non-hydrogen) atoms. The lowest BCUT2D eigenvalue weighted by molar-refractivity contribution is -0.136. The zero-order valence-electron chi connectivity index (χ0n) is 12.0. The highest BCUT2D eigenvalue weighted by Crippen LogP contribution is 2.29. The van der Waals surface area contributed by atoms with Gasteiger partial charge in [-0.2, -0.15) is 0 Å². The zero-order chi connectivity index (χ0) is 14.6. The number of amides is 1. The van der Waals surface area contributed by atoms with E-state index in [2.05, 4.69) is 5.32 Å². The van der Waals surface area contributed by atoms with Crippen LogP contribution >= 0.6 is 0 Å². The van der Waals surface area contributed by atoms with E-state index in [-0.39, 0.29) is 29.6 Å². The average Bonchev–Trinajstić information content (AvgIpc) is 2.38. The van der Waals surface area contributed by atoms with E-state index in [9.17, 15) is 9.59 Å². The number of hydrogen-bond acceptors (Lipinski definition) is 3. The van der Waals surface area contributed by atoms with Gasteiger partial charge in [-0.15, -0.1) is 0 Å². The fourth-order valence-corrected chi connectivity index (χ4v) is 2.54. The van der Waals surface area contributed by atoms with E-state index in [1.54, 1.807) is 12.1 Å². The Balaban J connectivity index is 1.86. The number of carbonyl (C=O) groups is 2. The molecular formula is C16H21NO3. The molecule has 1 aromatic rings. The monoisotopic (exact) mass is 275 g/mol. The van der Waals surface area contributed by atoms with Gasteiger partial charge in [0.25, 0.3) is 0 Å². The summed E-state index contributed by atoms with van der Waals surface area (Å²) >= 11 is 0. The van der Waals surface area contributed by atoms with Crippen molar-refractivity contribution in [3.05, 3.63) is 30.3 Å². The minimum absolute atomic E-state index is 0.00908. The smallest absolute Gasteiger partial charge is 0.231 e. The highest BCUT2D eigenvalue weighted by Gasteiger charge is 2.33. The molecule has 4 heteroatoms. The molecule has 1 fully saturated rings. The lowest BCUT2D eigenvalue weighted by Gasteiger charge is -2.34. The Bertz CT molecular complexity index is 482. The first kappa shape index (κ1) is 14.7. The fraction of sp³-hybridized carbons (Fsp3) is 0.500. The van der Waals surface area contributed by atoms with Gasteiger partial charge in [-0.1, -0.05) is 18.2 Å². The number of carbonyl (C=O) groups excluding carboxylic acids is 2. The van der Waals surface area contributed by atoms with Gasteiger partial charge in [0.2, 0.25) is 5.91 Å². The molecule has 2 rings (SSSR count). The summed E-state index contributed by atoms with van der Waals surface area (Å²) in [5.74, 6) is -0.305. The summed E-state index contributed by atoms with van der Waals surface area (Å²) in [6.07, 6.45) is 1.33. The number of ketones is 1. The normalized spacial score (nSPS) is 21.2. The Morgan fingerprint density at radius 2 is 2.00 bits per heavy atom. The first-order valence-corrected chi connectivity index (χ1v) is 6.98. The Labute approximate surface area is 119 Å². The maximum Gasteiger partial charge on any atom is 0.231 e. The molecule has 0 spiro atoms. The fourth-order valence-electron chi connectivity index (χ4n) is 2.54. The topological polar surface area (TPSA) is 55.4 Å². The van der Waals surface area contributed by atoms with Crippen LogP contribution < -0.4 is 5.32 Å². The molecule has 1 saturated heterocycles. The van der Waals surface area contributed by atoms with Crippen LogP contribution in [0.5, 0.6) is 0 Å². The number of para-hydroxylation sites is 1. The van der Waals surface area contributed by atoms with Crippen molar-refractivity contribution < 1.29 is 14.3 Å². The van der Waals surface area contributed by atoms with Crippen molar-refractivity contribution in [3.63, 3.8) is 0 Å². The summed E-state index contributed by atoms with van der Waals surface area (Å²) in [5.41, 5.74) is 0.451. The van der Waals surface area contributed by atoms with Crippen LogP contribution in [0.1, 0.15) is 33.1 Å². The number of anilines is 1. The van der Waals surface area contributed by atoms with E-state index in [1.165, 1.54) is 0 Å². The third-order valence-corrected chi connectivity index (χ3v) is 3.54. The maximum absolute atomic E-state index is 12.2. The van der Waals surface area contributed by atoms with Gasteiger partial charge in [-0.25, -0.2) is 0 Å². The molecule has 0 radical (unpaired) electrons. The van der Waals surface area contributed by atoms with E-state index < -0.39 is 0 Å². The van der Waals surface area contributed by atoms with E-state index in [1.807, 2.05) is 32.0 Å². The van der Waals surface area contributed by atoms with Crippen LogP contribution in [-0.2, 0) is 14.3 Å². The molecule has 0 aromatic heterocycles. The number of benzene rings is 1. The van der Waals surface area contributed by atoms with Gasteiger partial charge in [-0.05, 0) is 38.8 Å². The third-order valence-electron chi connectivity index (χ3n) is 3.54. The van der Waals surface area contributed by atoms with Gasteiger partial charge in [0.15, 0.2) is 0 Å². The largest absolute Gasteiger partial charge is 0.376 e. The van der Waals surface area contributed by atoms with Crippen LogP contribution in [0.3, 0.4) is 0 Å². The Hall–Kier alpha value is -1.68. The first-order chi connectivity index (χ1) is 9.46. The lowest BCUT2D eigenvalue weighted by atomic mass is 9.84. The first-order valence-electron chi connectivity index (χ1n) is 6.98. The number of hydrogen-bond donors (Lipinski definition) is 1. The van der Waals surface area contributed by atoms with Gasteiger partial charge in [-0.3, -0.25) is 9.59 Å². The van der Waals surface area contributed by atoms with Crippen molar-refractivity contribution in [3.8, 4) is 0 Å². The highest BCUT2D eigenvalue weighted by atomic mass is 16.5. The summed E-state index contributed by atoms with van der Waals surface area (Å²) in [4.78, 5) is 24.0. The Morgan fingerprint density at radius 1 is 1.30 bits per heavy atom. The van der Waals surface area contributed by atoms with E-state index in [0.717, 1.165) is 5.69 Å². The summed E-state index contributed by atoms with van der Waals surface area (Å²) in [6, 6.07) is 9.18. The van der Waals surface area contributed by atoms with Crippen molar-refractivity contribution in [2.75, 3.05) is 11.9 Å². The maximum atomic E-state index is 12.2. The van der Waals surface area contributed by atoms with E-state index in [4.69, 9.17) is 4.74 Å². The lowest BCUT2D eigenvalue weighted by Crippen LogP contribution is -2.37. The molecule has 4 nitrogen and oxygen atoms in total. The summed E-state index contributed by atoms with van der Waals surface area (Å²) in [7, 11) is 0. The van der Waals surface area contributed by atoms with Gasteiger partial charge in [0.05, 0.1) is 12.0 Å². The third kappa shape index (κ3) is 4.17. The summed E-state index contributed by atoms with van der Waals surface area (Å²) in [5, 5.41) is 2.74. The van der Waals surface area contributed by atoms with Crippen molar-refractivity contribution in [1.82, 2.24) is 0 Å². The molecule has 1 N–H and O–H groups in total. The van der Waals surface area contributed by atoms with Crippen LogP contribution in [0.15, 0.2) is 30.3 Å². The molecule has 1 unspecified atom stereocenters. The van der Waals surface area contributed by atoms with Gasteiger partial charge >= 0.3 is 0 Å². The molecule has 0 bridgehead atoms. The molecule has 0 saturated carbocycles. The SMILES string of the molecule is CC1(C)CC(C(=O)CC(=O)Nc2ccccc2)CCO1. The zero-order valence-corrected chi connectivity index (χ0v) is 12.0. The Kier molecular flexibility index (Phi) is 4.55. The minimum Gasteiger partial charge on any atom is -0.376 e. The summed E-state index contributed by atoms with van der Waals surface area (Å²) in [6.45, 7) is 4.55. The molecule has 0 aliphatic carbocycles. The van der Waals surface area contributed by atoms with Crippen LogP contribution in [0, 0.1) is 5.92 Å².